The minimum atomic E-state index is 0.809. The van der Waals surface area contributed by atoms with Crippen molar-refractivity contribution < 1.29 is 0 Å². The fourth-order valence-electron chi connectivity index (χ4n) is 2.64. The van der Waals surface area contributed by atoms with Crippen LogP contribution in [-0.2, 0) is 6.42 Å². The normalized spacial score (nSPS) is 14.2. The van der Waals surface area contributed by atoms with E-state index in [9.17, 15) is 0 Å². The molecule has 0 radical (unpaired) electrons. The smallest absolute Gasteiger partial charge is 0.0668 e. The second-order valence-corrected chi connectivity index (χ2v) is 5.13. The molecule has 0 unspecified atom stereocenters. The van der Waals surface area contributed by atoms with Gasteiger partial charge in [0.15, 0.2) is 0 Å². The molecule has 1 heterocycles. The van der Waals surface area contributed by atoms with Gasteiger partial charge in [0.05, 0.1) is 12.3 Å². The van der Waals surface area contributed by atoms with E-state index in [1.54, 1.807) is 0 Å². The summed E-state index contributed by atoms with van der Waals surface area (Å²) in [5.74, 6) is 0. The molecule has 1 aliphatic rings. The maximum atomic E-state index is 4.70. The lowest BCUT2D eigenvalue weighted by Gasteiger charge is -2.07. The first-order chi connectivity index (χ1) is 10.4. The van der Waals surface area contributed by atoms with Crippen molar-refractivity contribution in [1.29, 1.82) is 0 Å². The minimum absolute atomic E-state index is 0.809. The molecule has 2 aromatic rings. The van der Waals surface area contributed by atoms with Crippen molar-refractivity contribution in [2.24, 2.45) is 4.99 Å². The number of hydrogen-bond acceptors (Lipinski definition) is 2. The van der Waals surface area contributed by atoms with Gasteiger partial charge in [-0.05, 0) is 29.7 Å². The molecule has 0 aromatic heterocycles. The number of aryl methyl sites for hydroxylation is 1. The molecule has 0 saturated carbocycles. The first kappa shape index (κ1) is 13.6. The lowest BCUT2D eigenvalue weighted by atomic mass is 10.0. The fraction of sp³-hybridized carbons (Fsp3) is 0.211. The number of para-hydroxylation sites is 1. The van der Waals surface area contributed by atoms with E-state index in [2.05, 4.69) is 72.9 Å². The summed E-state index contributed by atoms with van der Waals surface area (Å²) in [5, 5.41) is 3.43. The molecule has 0 bridgehead atoms. The zero-order valence-electron chi connectivity index (χ0n) is 12.3. The van der Waals surface area contributed by atoms with Gasteiger partial charge in [-0.1, -0.05) is 55.5 Å². The van der Waals surface area contributed by atoms with E-state index in [-0.39, 0.29) is 0 Å². The first-order valence-corrected chi connectivity index (χ1v) is 7.52. The van der Waals surface area contributed by atoms with Gasteiger partial charge >= 0.3 is 0 Å². The Morgan fingerprint density at radius 2 is 1.86 bits per heavy atom. The second-order valence-electron chi connectivity index (χ2n) is 5.13. The standard InChI is InChI=1S/C19H20N2/c1-2-15-7-3-4-8-16(15)11-12-19-17-9-5-6-10-18(17)20-13-14-21-19/h3-12,20H,2,13-14H2,1H3/b12-11+. The van der Waals surface area contributed by atoms with Crippen molar-refractivity contribution in [1.82, 2.24) is 0 Å². The number of nitrogens with one attached hydrogen (secondary N) is 1. The van der Waals surface area contributed by atoms with Crippen molar-refractivity contribution in [2.75, 3.05) is 18.4 Å². The summed E-state index contributed by atoms with van der Waals surface area (Å²) in [4.78, 5) is 4.70. The van der Waals surface area contributed by atoms with Crippen LogP contribution < -0.4 is 5.32 Å². The molecule has 0 aliphatic carbocycles. The van der Waals surface area contributed by atoms with Crippen LogP contribution >= 0.6 is 0 Å². The Labute approximate surface area is 126 Å². The van der Waals surface area contributed by atoms with Crippen LogP contribution in [0.25, 0.3) is 6.08 Å². The first-order valence-electron chi connectivity index (χ1n) is 7.52. The predicted octanol–water partition coefficient (Wildman–Crippen LogP) is 4.18. The summed E-state index contributed by atoms with van der Waals surface area (Å²) in [7, 11) is 0. The molecule has 2 heteroatoms. The van der Waals surface area contributed by atoms with E-state index in [0.717, 1.165) is 25.2 Å². The highest BCUT2D eigenvalue weighted by atomic mass is 14.9. The molecule has 1 aliphatic heterocycles. The van der Waals surface area contributed by atoms with Crippen molar-refractivity contribution in [3.8, 4) is 0 Å². The molecule has 0 fully saturated rings. The average molecular weight is 276 g/mol. The van der Waals surface area contributed by atoms with Crippen LogP contribution in [0.4, 0.5) is 5.69 Å². The van der Waals surface area contributed by atoms with Gasteiger partial charge in [-0.25, -0.2) is 0 Å². The van der Waals surface area contributed by atoms with Crippen LogP contribution in [-0.4, -0.2) is 18.8 Å². The Morgan fingerprint density at radius 3 is 2.76 bits per heavy atom. The van der Waals surface area contributed by atoms with E-state index in [0.29, 0.717) is 0 Å². The lowest BCUT2D eigenvalue weighted by Crippen LogP contribution is -2.03. The van der Waals surface area contributed by atoms with Crippen LogP contribution in [0.5, 0.6) is 0 Å². The molecule has 0 amide bonds. The Hall–Kier alpha value is -2.35. The van der Waals surface area contributed by atoms with Crippen molar-refractivity contribution in [3.05, 3.63) is 71.3 Å². The molecule has 106 valence electrons. The van der Waals surface area contributed by atoms with E-state index in [1.165, 1.54) is 22.4 Å². The highest BCUT2D eigenvalue weighted by Crippen LogP contribution is 2.20. The summed E-state index contributed by atoms with van der Waals surface area (Å²) in [6.45, 7) is 3.89. The number of nitrogens with zero attached hydrogens (tertiary/aromatic N) is 1. The molecule has 2 aromatic carbocycles. The molecule has 0 spiro atoms. The lowest BCUT2D eigenvalue weighted by molar-refractivity contribution is 1.04. The number of rotatable bonds is 3. The Balaban J connectivity index is 1.94. The molecule has 3 rings (SSSR count). The minimum Gasteiger partial charge on any atom is -0.383 e. The fourth-order valence-corrected chi connectivity index (χ4v) is 2.64. The van der Waals surface area contributed by atoms with Crippen molar-refractivity contribution in [3.63, 3.8) is 0 Å². The highest BCUT2D eigenvalue weighted by molar-refractivity contribution is 6.14. The zero-order chi connectivity index (χ0) is 14.5. The van der Waals surface area contributed by atoms with Gasteiger partial charge in [0.25, 0.3) is 0 Å². The largest absolute Gasteiger partial charge is 0.383 e. The number of benzodiazepines with no additional fused rings is 1. The molecule has 0 saturated heterocycles. The molecule has 1 N–H and O–H groups in total. The third kappa shape index (κ3) is 3.05. The van der Waals surface area contributed by atoms with Gasteiger partial charge in [0.1, 0.15) is 0 Å². The maximum Gasteiger partial charge on any atom is 0.0668 e. The topological polar surface area (TPSA) is 24.4 Å². The highest BCUT2D eigenvalue weighted by Gasteiger charge is 2.09. The van der Waals surface area contributed by atoms with Crippen LogP contribution in [0.15, 0.2) is 59.6 Å². The van der Waals surface area contributed by atoms with Gasteiger partial charge in [0, 0.05) is 17.8 Å². The Bertz CT molecular complexity index is 683. The number of allylic oxidation sites excluding steroid dienone is 1. The van der Waals surface area contributed by atoms with Crippen molar-refractivity contribution >= 4 is 17.5 Å². The molecule has 2 nitrogen and oxygen atoms in total. The van der Waals surface area contributed by atoms with E-state index in [4.69, 9.17) is 4.99 Å². The van der Waals surface area contributed by atoms with Gasteiger partial charge in [0.2, 0.25) is 0 Å². The summed E-state index contributed by atoms with van der Waals surface area (Å²) < 4.78 is 0. The number of hydrogen-bond donors (Lipinski definition) is 1. The monoisotopic (exact) mass is 276 g/mol. The molecule has 0 atom stereocenters. The summed E-state index contributed by atoms with van der Waals surface area (Å²) in [6.07, 6.45) is 5.37. The Morgan fingerprint density at radius 1 is 1.05 bits per heavy atom. The van der Waals surface area contributed by atoms with Crippen molar-refractivity contribution in [2.45, 2.75) is 13.3 Å². The molecule has 21 heavy (non-hydrogen) atoms. The maximum absolute atomic E-state index is 4.70. The van der Waals surface area contributed by atoms with E-state index in [1.807, 2.05) is 0 Å². The average Bonchev–Trinajstić information content (AvgIpc) is 2.75. The predicted molar refractivity (Wildman–Crippen MR) is 91.2 cm³/mol. The molecular weight excluding hydrogens is 256 g/mol. The summed E-state index contributed by atoms with van der Waals surface area (Å²) >= 11 is 0. The SMILES string of the molecule is CCc1ccccc1/C=C/C1=NCCNc2ccccc21. The number of anilines is 1. The number of fused-ring (bicyclic) bond motifs is 1. The van der Waals surface area contributed by atoms with Gasteiger partial charge in [-0.2, -0.15) is 0 Å². The second kappa shape index (κ2) is 6.40. The summed E-state index contributed by atoms with van der Waals surface area (Å²) in [5.41, 5.74) is 6.05. The van der Waals surface area contributed by atoms with Gasteiger partial charge in [-0.3, -0.25) is 4.99 Å². The number of aliphatic imine (C=N–C) groups is 1. The van der Waals surface area contributed by atoms with E-state index >= 15 is 0 Å². The van der Waals surface area contributed by atoms with Crippen LogP contribution in [0.2, 0.25) is 0 Å². The van der Waals surface area contributed by atoms with E-state index < -0.39 is 0 Å². The van der Waals surface area contributed by atoms with Crippen LogP contribution in [0.3, 0.4) is 0 Å². The third-order valence-electron chi connectivity index (χ3n) is 3.77. The summed E-state index contributed by atoms with van der Waals surface area (Å²) in [6, 6.07) is 16.9. The van der Waals surface area contributed by atoms with Gasteiger partial charge in [-0.15, -0.1) is 0 Å². The van der Waals surface area contributed by atoms with Crippen LogP contribution in [0.1, 0.15) is 23.6 Å². The quantitative estimate of drug-likeness (QED) is 0.893. The zero-order valence-corrected chi connectivity index (χ0v) is 12.3. The Kier molecular flexibility index (Phi) is 4.15. The number of benzene rings is 2. The molecular formula is C19H20N2. The van der Waals surface area contributed by atoms with Gasteiger partial charge < -0.3 is 5.32 Å². The third-order valence-corrected chi connectivity index (χ3v) is 3.77. The van der Waals surface area contributed by atoms with Crippen LogP contribution in [0, 0.1) is 0 Å².